The number of methoxy groups -OCH3 is 1. The molecule has 2 saturated heterocycles. The molecule has 1 aromatic rings. The summed E-state index contributed by atoms with van der Waals surface area (Å²) in [6, 6.07) is 3.28. The van der Waals surface area contributed by atoms with Crippen molar-refractivity contribution in [1.29, 1.82) is 0 Å². The van der Waals surface area contributed by atoms with Crippen molar-refractivity contribution in [3.63, 3.8) is 0 Å². The Morgan fingerprint density at radius 2 is 2.45 bits per heavy atom. The lowest BCUT2D eigenvalue weighted by molar-refractivity contribution is -0.138. The Morgan fingerprint density at radius 1 is 1.64 bits per heavy atom. The number of fused-ring (bicyclic) bond motifs is 1. The quantitative estimate of drug-likeness (QED) is 0.901. The van der Waals surface area contributed by atoms with Crippen LogP contribution in [0.4, 0.5) is 0 Å². The number of rotatable bonds is 4. The molecule has 7 heteroatoms. The Labute approximate surface area is 133 Å². The summed E-state index contributed by atoms with van der Waals surface area (Å²) in [5, 5.41) is 2.90. The van der Waals surface area contributed by atoms with Gasteiger partial charge in [0.25, 0.3) is 0 Å². The van der Waals surface area contributed by atoms with Crippen LogP contribution in [0.2, 0.25) is 0 Å². The number of amides is 2. The molecular weight excluding hydrogens is 302 g/mol. The number of aromatic nitrogens is 1. The van der Waals surface area contributed by atoms with E-state index >= 15 is 0 Å². The van der Waals surface area contributed by atoms with E-state index in [4.69, 9.17) is 4.74 Å². The van der Waals surface area contributed by atoms with Gasteiger partial charge in [-0.3, -0.25) is 9.59 Å². The highest BCUT2D eigenvalue weighted by Gasteiger charge is 2.52. The molecule has 3 heterocycles. The van der Waals surface area contributed by atoms with Crippen LogP contribution in [-0.2, 0) is 16.1 Å². The van der Waals surface area contributed by atoms with E-state index in [0.29, 0.717) is 24.6 Å². The van der Waals surface area contributed by atoms with Crippen LogP contribution in [0.5, 0.6) is 5.88 Å². The predicted octanol–water partition coefficient (Wildman–Crippen LogP) is 1.16. The highest BCUT2D eigenvalue weighted by atomic mass is 32.2. The zero-order valence-electron chi connectivity index (χ0n) is 12.7. The summed E-state index contributed by atoms with van der Waals surface area (Å²) < 4.78 is 5.17. The second kappa shape index (κ2) is 5.79. The minimum Gasteiger partial charge on any atom is -0.481 e. The lowest BCUT2D eigenvalue weighted by Gasteiger charge is -2.29. The van der Waals surface area contributed by atoms with E-state index in [1.165, 1.54) is 0 Å². The predicted molar refractivity (Wildman–Crippen MR) is 83.4 cm³/mol. The first-order valence-electron chi connectivity index (χ1n) is 7.27. The van der Waals surface area contributed by atoms with Crippen molar-refractivity contribution in [2.24, 2.45) is 0 Å². The van der Waals surface area contributed by atoms with Gasteiger partial charge in [-0.05, 0) is 19.4 Å². The van der Waals surface area contributed by atoms with Crippen molar-refractivity contribution in [3.8, 4) is 5.88 Å². The number of nitrogens with one attached hydrogen (secondary N) is 1. The third kappa shape index (κ3) is 2.54. The molecule has 0 saturated carbocycles. The molecule has 0 aromatic carbocycles. The smallest absolute Gasteiger partial charge is 0.243 e. The molecule has 2 fully saturated rings. The first-order valence-corrected chi connectivity index (χ1v) is 8.25. The maximum Gasteiger partial charge on any atom is 0.243 e. The molecule has 1 N–H and O–H groups in total. The molecule has 0 radical (unpaired) electrons. The topological polar surface area (TPSA) is 71.5 Å². The Morgan fingerprint density at radius 3 is 3.23 bits per heavy atom. The molecule has 2 atom stereocenters. The van der Waals surface area contributed by atoms with Gasteiger partial charge in [0.15, 0.2) is 0 Å². The van der Waals surface area contributed by atoms with Crippen molar-refractivity contribution < 1.29 is 14.3 Å². The van der Waals surface area contributed by atoms with E-state index in [1.54, 1.807) is 36.0 Å². The fourth-order valence-corrected chi connectivity index (χ4v) is 4.49. The van der Waals surface area contributed by atoms with Crippen molar-refractivity contribution >= 4 is 23.6 Å². The van der Waals surface area contributed by atoms with E-state index in [2.05, 4.69) is 10.3 Å². The van der Waals surface area contributed by atoms with Gasteiger partial charge in [0.1, 0.15) is 6.04 Å². The SMILES string of the molecule is COc1ncccc1CNC(=O)C1CSC2(C)CCC(=O)N12. The van der Waals surface area contributed by atoms with Crippen LogP contribution in [0.25, 0.3) is 0 Å². The van der Waals surface area contributed by atoms with Gasteiger partial charge in [0.2, 0.25) is 17.7 Å². The summed E-state index contributed by atoms with van der Waals surface area (Å²) in [5.41, 5.74) is 0.819. The van der Waals surface area contributed by atoms with Crippen LogP contribution < -0.4 is 10.1 Å². The van der Waals surface area contributed by atoms with Crippen molar-refractivity contribution in [2.45, 2.75) is 37.2 Å². The fraction of sp³-hybridized carbons (Fsp3) is 0.533. The summed E-state index contributed by atoms with van der Waals surface area (Å²) in [4.78, 5) is 30.2. The fourth-order valence-electron chi connectivity index (χ4n) is 3.06. The number of hydrogen-bond acceptors (Lipinski definition) is 5. The Hall–Kier alpha value is -1.76. The van der Waals surface area contributed by atoms with Crippen LogP contribution in [-0.4, -0.2) is 45.5 Å². The van der Waals surface area contributed by atoms with Crippen LogP contribution in [0.3, 0.4) is 0 Å². The number of thioether (sulfide) groups is 1. The second-order valence-corrected chi connectivity index (χ2v) is 7.16. The van der Waals surface area contributed by atoms with Crippen LogP contribution in [0.1, 0.15) is 25.3 Å². The van der Waals surface area contributed by atoms with E-state index in [9.17, 15) is 9.59 Å². The number of carbonyl (C=O) groups is 2. The van der Waals surface area contributed by atoms with E-state index < -0.39 is 0 Å². The monoisotopic (exact) mass is 321 g/mol. The molecule has 1 aromatic heterocycles. The number of hydrogen-bond donors (Lipinski definition) is 1. The lowest BCUT2D eigenvalue weighted by atomic mass is 10.2. The zero-order chi connectivity index (χ0) is 15.7. The van der Waals surface area contributed by atoms with Gasteiger partial charge in [-0.25, -0.2) is 4.98 Å². The Bertz CT molecular complexity index is 609. The first-order chi connectivity index (χ1) is 10.5. The molecular formula is C15H19N3O3S. The maximum absolute atomic E-state index is 12.5. The number of ether oxygens (including phenoxy) is 1. The van der Waals surface area contributed by atoms with Gasteiger partial charge < -0.3 is 15.0 Å². The van der Waals surface area contributed by atoms with Crippen LogP contribution in [0, 0.1) is 0 Å². The van der Waals surface area contributed by atoms with Crippen molar-refractivity contribution in [2.75, 3.05) is 12.9 Å². The minimum absolute atomic E-state index is 0.0756. The average Bonchev–Trinajstić information content (AvgIpc) is 3.02. The van der Waals surface area contributed by atoms with E-state index in [-0.39, 0.29) is 22.7 Å². The number of pyridine rings is 1. The second-order valence-electron chi connectivity index (χ2n) is 5.66. The number of nitrogens with zero attached hydrogens (tertiary/aromatic N) is 2. The van der Waals surface area contributed by atoms with Crippen LogP contribution in [0.15, 0.2) is 18.3 Å². The number of carbonyl (C=O) groups excluding carboxylic acids is 2. The molecule has 118 valence electrons. The first kappa shape index (κ1) is 15.1. The highest BCUT2D eigenvalue weighted by molar-refractivity contribution is 8.01. The normalized spacial score (nSPS) is 26.9. The highest BCUT2D eigenvalue weighted by Crippen LogP contribution is 2.47. The molecule has 6 nitrogen and oxygen atoms in total. The van der Waals surface area contributed by atoms with Crippen molar-refractivity contribution in [3.05, 3.63) is 23.9 Å². The summed E-state index contributed by atoms with van der Waals surface area (Å²) in [6.07, 6.45) is 2.99. The van der Waals surface area contributed by atoms with Gasteiger partial charge in [-0.2, -0.15) is 0 Å². The van der Waals surface area contributed by atoms with Gasteiger partial charge in [-0.1, -0.05) is 6.07 Å². The molecule has 22 heavy (non-hydrogen) atoms. The van der Waals surface area contributed by atoms with Crippen molar-refractivity contribution in [1.82, 2.24) is 15.2 Å². The largest absolute Gasteiger partial charge is 0.481 e. The Kier molecular flexibility index (Phi) is 3.99. The molecule has 2 amide bonds. The molecule has 0 aliphatic carbocycles. The molecule has 2 unspecified atom stereocenters. The standard InChI is InChI=1S/C15H19N3O3S/c1-15-6-5-12(19)18(15)11(9-22-15)13(20)17-8-10-4-3-7-16-14(10)21-2/h3-4,7,11H,5-6,8-9H2,1-2H3,(H,17,20). The summed E-state index contributed by atoms with van der Waals surface area (Å²) in [7, 11) is 1.55. The van der Waals surface area contributed by atoms with Crippen LogP contribution >= 0.6 is 11.8 Å². The van der Waals surface area contributed by atoms with E-state index in [1.807, 2.05) is 13.0 Å². The molecule has 2 aliphatic heterocycles. The summed E-state index contributed by atoms with van der Waals surface area (Å²) in [6.45, 7) is 2.38. The molecule has 2 aliphatic rings. The Balaban J connectivity index is 1.67. The maximum atomic E-state index is 12.5. The lowest BCUT2D eigenvalue weighted by Crippen LogP contribution is -2.49. The molecule has 0 spiro atoms. The minimum atomic E-state index is -0.382. The summed E-state index contributed by atoms with van der Waals surface area (Å²) >= 11 is 1.69. The third-order valence-corrected chi connectivity index (χ3v) is 5.75. The molecule has 0 bridgehead atoms. The van der Waals surface area contributed by atoms with Gasteiger partial charge in [-0.15, -0.1) is 11.8 Å². The van der Waals surface area contributed by atoms with Gasteiger partial charge >= 0.3 is 0 Å². The summed E-state index contributed by atoms with van der Waals surface area (Å²) in [5.74, 6) is 1.12. The third-order valence-electron chi connectivity index (χ3n) is 4.24. The zero-order valence-corrected chi connectivity index (χ0v) is 13.5. The van der Waals surface area contributed by atoms with Gasteiger partial charge in [0.05, 0.1) is 12.0 Å². The molecule has 3 rings (SSSR count). The average molecular weight is 321 g/mol. The van der Waals surface area contributed by atoms with E-state index in [0.717, 1.165) is 12.0 Å². The van der Waals surface area contributed by atoms with Gasteiger partial charge in [0, 0.05) is 30.5 Å².